The van der Waals surface area contributed by atoms with Gasteiger partial charge in [0.15, 0.2) is 0 Å². The highest BCUT2D eigenvalue weighted by atomic mass is 16.6. The highest BCUT2D eigenvalue weighted by molar-refractivity contribution is 6.00. The maximum absolute atomic E-state index is 11.6. The van der Waals surface area contributed by atoms with Gasteiger partial charge in [-0.3, -0.25) is 0 Å². The summed E-state index contributed by atoms with van der Waals surface area (Å²) >= 11 is 0. The Morgan fingerprint density at radius 3 is 2.57 bits per heavy atom. The highest BCUT2D eigenvalue weighted by Crippen LogP contribution is 2.03. The monoisotopic (exact) mass is 288 g/mol. The lowest BCUT2D eigenvalue weighted by atomic mass is 10.2. The van der Waals surface area contributed by atoms with Gasteiger partial charge in [0.1, 0.15) is 0 Å². The molecule has 0 aliphatic carbocycles. The van der Waals surface area contributed by atoms with Crippen LogP contribution in [-0.2, 0) is 19.1 Å². The van der Waals surface area contributed by atoms with E-state index in [1.165, 1.54) is 6.08 Å². The normalized spacial score (nSPS) is 11.6. The fourth-order valence-corrected chi connectivity index (χ4v) is 1.52. The van der Waals surface area contributed by atoms with Crippen molar-refractivity contribution in [1.82, 2.24) is 0 Å². The molecule has 21 heavy (non-hydrogen) atoms. The third-order valence-electron chi connectivity index (χ3n) is 2.64. The summed E-state index contributed by atoms with van der Waals surface area (Å²) in [4.78, 5) is 23.2. The summed E-state index contributed by atoms with van der Waals surface area (Å²) in [5.41, 5.74) is 1.27. The zero-order valence-corrected chi connectivity index (χ0v) is 12.4. The van der Waals surface area contributed by atoms with Gasteiger partial charge in [-0.05, 0) is 31.9 Å². The summed E-state index contributed by atoms with van der Waals surface area (Å²) < 4.78 is 9.87. The van der Waals surface area contributed by atoms with Crippen molar-refractivity contribution in [3.63, 3.8) is 0 Å². The molecule has 1 aromatic carbocycles. The minimum Gasteiger partial charge on any atom is -0.386 e. The molecule has 0 unspecified atom stereocenters. The van der Waals surface area contributed by atoms with Crippen LogP contribution < -0.4 is 0 Å². The average Bonchev–Trinajstić information content (AvgIpc) is 2.50. The lowest BCUT2D eigenvalue weighted by molar-refractivity contribution is -0.153. The molecule has 0 heterocycles. The summed E-state index contributed by atoms with van der Waals surface area (Å²) in [5.74, 6) is -1.31. The van der Waals surface area contributed by atoms with Crippen LogP contribution >= 0.6 is 0 Å². The molecule has 0 fully saturated rings. The van der Waals surface area contributed by atoms with E-state index in [-0.39, 0.29) is 0 Å². The van der Waals surface area contributed by atoms with Crippen LogP contribution in [0, 0.1) is 0 Å². The number of benzene rings is 1. The molecule has 0 bridgehead atoms. The second kappa shape index (κ2) is 9.66. The largest absolute Gasteiger partial charge is 0.386 e. The molecule has 0 aromatic heterocycles. The quantitative estimate of drug-likeness (QED) is 0.335. The van der Waals surface area contributed by atoms with E-state index in [2.05, 4.69) is 0 Å². The summed E-state index contributed by atoms with van der Waals surface area (Å²) in [7, 11) is 0. The van der Waals surface area contributed by atoms with Gasteiger partial charge in [-0.2, -0.15) is 0 Å². The van der Waals surface area contributed by atoms with Crippen LogP contribution in [-0.4, -0.2) is 25.2 Å². The molecule has 1 rings (SSSR count). The third kappa shape index (κ3) is 7.22. The fraction of sp³-hybridized carbons (Fsp3) is 0.294. The van der Waals surface area contributed by atoms with Gasteiger partial charge in [0.05, 0.1) is 6.61 Å². The topological polar surface area (TPSA) is 52.6 Å². The molecule has 0 saturated carbocycles. The summed E-state index contributed by atoms with van der Waals surface area (Å²) in [5, 5.41) is 0. The molecule has 0 aliphatic heterocycles. The Labute approximate surface area is 125 Å². The molecule has 0 aliphatic rings. The first-order valence-electron chi connectivity index (χ1n) is 6.87. The summed E-state index contributed by atoms with van der Waals surface area (Å²) in [6, 6.07) is 9.31. The molecule has 0 radical (unpaired) electrons. The van der Waals surface area contributed by atoms with E-state index < -0.39 is 11.9 Å². The van der Waals surface area contributed by atoms with Gasteiger partial charge in [0, 0.05) is 18.3 Å². The maximum atomic E-state index is 11.6. The minimum atomic E-state index is -0.679. The second-order valence-corrected chi connectivity index (χ2v) is 4.33. The van der Waals surface area contributed by atoms with Crippen molar-refractivity contribution < 1.29 is 19.1 Å². The fourth-order valence-electron chi connectivity index (χ4n) is 1.52. The first-order valence-corrected chi connectivity index (χ1v) is 6.87. The van der Waals surface area contributed by atoms with E-state index in [1.54, 1.807) is 19.1 Å². The number of ether oxygens (including phenoxy) is 2. The molecule has 0 amide bonds. The van der Waals surface area contributed by atoms with Crippen LogP contribution in [0.1, 0.15) is 25.8 Å². The molecule has 0 atom stereocenters. The van der Waals surface area contributed by atoms with Gasteiger partial charge >= 0.3 is 11.9 Å². The van der Waals surface area contributed by atoms with E-state index in [0.29, 0.717) is 25.2 Å². The highest BCUT2D eigenvalue weighted by Gasteiger charge is 2.09. The van der Waals surface area contributed by atoms with Crippen molar-refractivity contribution >= 4 is 18.0 Å². The first-order chi connectivity index (χ1) is 10.1. The molecule has 0 saturated heterocycles. The molecule has 4 heteroatoms. The van der Waals surface area contributed by atoms with Crippen LogP contribution in [0.3, 0.4) is 0 Å². The van der Waals surface area contributed by atoms with Crippen LogP contribution in [0.15, 0.2) is 48.1 Å². The van der Waals surface area contributed by atoms with E-state index in [4.69, 9.17) is 9.47 Å². The summed E-state index contributed by atoms with van der Waals surface area (Å²) in [6.45, 7) is 4.70. The molecule has 4 nitrogen and oxygen atoms in total. The van der Waals surface area contributed by atoms with E-state index in [1.807, 2.05) is 37.3 Å². The number of hydrogen-bond acceptors (Lipinski definition) is 4. The van der Waals surface area contributed by atoms with Crippen LogP contribution in [0.5, 0.6) is 0 Å². The van der Waals surface area contributed by atoms with Crippen LogP contribution in [0.25, 0.3) is 6.08 Å². The number of carbonyl (C=O) groups is 2. The smallest absolute Gasteiger partial charge is 0.341 e. The van der Waals surface area contributed by atoms with Crippen molar-refractivity contribution in [2.24, 2.45) is 0 Å². The van der Waals surface area contributed by atoms with Gasteiger partial charge in [0.2, 0.25) is 0 Å². The Bertz CT molecular complexity index is 515. The molecular formula is C17H20O4. The number of hydrogen-bond donors (Lipinski definition) is 0. The maximum Gasteiger partial charge on any atom is 0.341 e. The van der Waals surface area contributed by atoms with Crippen LogP contribution in [0.4, 0.5) is 0 Å². The molecule has 0 spiro atoms. The van der Waals surface area contributed by atoms with Gasteiger partial charge in [-0.1, -0.05) is 36.4 Å². The number of esters is 2. The van der Waals surface area contributed by atoms with Crippen LogP contribution in [0.2, 0.25) is 0 Å². The van der Waals surface area contributed by atoms with E-state index in [9.17, 15) is 9.59 Å². The standard InChI is InChI=1S/C17H20O4/c1-3-20-13-7-8-14(2)17(19)21-16(18)12-11-15-9-5-4-6-10-15/h4-6,8-12H,3,7,13H2,1-2H3/b12-11+,14-8?. The second-order valence-electron chi connectivity index (χ2n) is 4.33. The van der Waals surface area contributed by atoms with E-state index in [0.717, 1.165) is 5.56 Å². The summed E-state index contributed by atoms with van der Waals surface area (Å²) in [6.07, 6.45) is 5.15. The Morgan fingerprint density at radius 2 is 1.90 bits per heavy atom. The lowest BCUT2D eigenvalue weighted by Crippen LogP contribution is -2.11. The molecule has 0 N–H and O–H groups in total. The zero-order valence-electron chi connectivity index (χ0n) is 12.4. The van der Waals surface area contributed by atoms with E-state index >= 15 is 0 Å². The lowest BCUT2D eigenvalue weighted by Gasteiger charge is -2.01. The number of carbonyl (C=O) groups excluding carboxylic acids is 2. The van der Waals surface area contributed by atoms with Gasteiger partial charge < -0.3 is 9.47 Å². The van der Waals surface area contributed by atoms with Crippen molar-refractivity contribution in [2.75, 3.05) is 13.2 Å². The Kier molecular flexibility index (Phi) is 7.76. The molecule has 112 valence electrons. The van der Waals surface area contributed by atoms with Gasteiger partial charge in [-0.25, -0.2) is 9.59 Å². The molecule has 1 aromatic rings. The van der Waals surface area contributed by atoms with Crippen molar-refractivity contribution in [3.8, 4) is 0 Å². The number of rotatable bonds is 7. The van der Waals surface area contributed by atoms with Gasteiger partial charge in [-0.15, -0.1) is 0 Å². The Balaban J connectivity index is 2.43. The third-order valence-corrected chi connectivity index (χ3v) is 2.64. The predicted molar refractivity (Wildman–Crippen MR) is 81.4 cm³/mol. The van der Waals surface area contributed by atoms with Crippen molar-refractivity contribution in [1.29, 1.82) is 0 Å². The van der Waals surface area contributed by atoms with Gasteiger partial charge in [0.25, 0.3) is 0 Å². The predicted octanol–water partition coefficient (Wildman–Crippen LogP) is 3.14. The average molecular weight is 288 g/mol. The first kappa shape index (κ1) is 16.9. The SMILES string of the molecule is CCOCCC=C(C)C(=O)OC(=O)/C=C/c1ccccc1. The minimum absolute atomic E-state index is 0.399. The zero-order chi connectivity index (χ0) is 15.5. The Hall–Kier alpha value is -2.20. The van der Waals surface area contributed by atoms with Crippen molar-refractivity contribution in [2.45, 2.75) is 20.3 Å². The van der Waals surface area contributed by atoms with Crippen molar-refractivity contribution in [3.05, 3.63) is 53.6 Å². The molecular weight excluding hydrogens is 268 g/mol. The Morgan fingerprint density at radius 1 is 1.19 bits per heavy atom.